The molecule has 28 heavy (non-hydrogen) atoms. The second-order valence-electron chi connectivity index (χ2n) is 6.87. The molecule has 1 N–H and O–H groups in total. The fourth-order valence-electron chi connectivity index (χ4n) is 3.34. The number of hydrogen-bond acceptors (Lipinski definition) is 4. The number of nitrogens with zero attached hydrogens (tertiary/aromatic N) is 1. The van der Waals surface area contributed by atoms with Crippen molar-refractivity contribution in [3.63, 3.8) is 0 Å². The maximum atomic E-state index is 12.7. The molecule has 1 fully saturated rings. The van der Waals surface area contributed by atoms with Crippen molar-refractivity contribution < 1.29 is 14.3 Å². The molecule has 1 saturated heterocycles. The van der Waals surface area contributed by atoms with Crippen molar-refractivity contribution in [3.05, 3.63) is 59.5 Å². The minimum absolute atomic E-state index is 0.0512. The lowest BCUT2D eigenvalue weighted by atomic mass is 10.1. The van der Waals surface area contributed by atoms with Crippen LogP contribution in [0, 0.1) is 0 Å². The van der Waals surface area contributed by atoms with Gasteiger partial charge in [0, 0.05) is 23.5 Å². The predicted molar refractivity (Wildman–Crippen MR) is 112 cm³/mol. The largest absolute Gasteiger partial charge is 0.484 e. The van der Waals surface area contributed by atoms with E-state index in [1.807, 2.05) is 59.5 Å². The van der Waals surface area contributed by atoms with E-state index in [0.717, 1.165) is 40.9 Å². The summed E-state index contributed by atoms with van der Waals surface area (Å²) in [7, 11) is 0. The Hall–Kier alpha value is -2.86. The van der Waals surface area contributed by atoms with Crippen molar-refractivity contribution in [1.82, 2.24) is 4.90 Å². The van der Waals surface area contributed by atoms with E-state index in [1.165, 1.54) is 17.8 Å². The van der Waals surface area contributed by atoms with Crippen LogP contribution in [0.3, 0.4) is 0 Å². The van der Waals surface area contributed by atoms with Crippen molar-refractivity contribution in [2.24, 2.45) is 0 Å². The van der Waals surface area contributed by atoms with Crippen LogP contribution in [0.4, 0.5) is 5.69 Å². The van der Waals surface area contributed by atoms with Crippen molar-refractivity contribution in [3.8, 4) is 5.75 Å². The Morgan fingerprint density at radius 1 is 1.00 bits per heavy atom. The highest BCUT2D eigenvalue weighted by atomic mass is 32.1. The Bertz CT molecular complexity index is 978. The van der Waals surface area contributed by atoms with Crippen LogP contribution in [-0.2, 0) is 4.79 Å². The second kappa shape index (κ2) is 8.44. The van der Waals surface area contributed by atoms with Crippen LogP contribution >= 0.6 is 11.3 Å². The Morgan fingerprint density at radius 2 is 1.79 bits per heavy atom. The highest BCUT2D eigenvalue weighted by molar-refractivity contribution is 7.20. The zero-order valence-corrected chi connectivity index (χ0v) is 16.3. The number of ether oxygens (including phenoxy) is 1. The predicted octanol–water partition coefficient (Wildman–Crippen LogP) is 4.54. The van der Waals surface area contributed by atoms with E-state index in [1.54, 1.807) is 0 Å². The van der Waals surface area contributed by atoms with E-state index in [9.17, 15) is 9.59 Å². The molecule has 6 heteroatoms. The molecular formula is C22H22N2O3S. The van der Waals surface area contributed by atoms with Crippen LogP contribution in [0.25, 0.3) is 10.1 Å². The summed E-state index contributed by atoms with van der Waals surface area (Å²) < 4.78 is 6.51. The molecule has 0 spiro atoms. The van der Waals surface area contributed by atoms with Crippen LogP contribution in [0.1, 0.15) is 28.9 Å². The van der Waals surface area contributed by atoms with Gasteiger partial charge < -0.3 is 15.0 Å². The molecule has 0 saturated carbocycles. The molecule has 3 aromatic rings. The number of carbonyl (C=O) groups excluding carboxylic acids is 2. The number of piperidine rings is 1. The number of benzene rings is 2. The number of para-hydroxylation sites is 1. The maximum Gasteiger partial charge on any atom is 0.263 e. The quantitative estimate of drug-likeness (QED) is 0.691. The first-order valence-electron chi connectivity index (χ1n) is 9.49. The van der Waals surface area contributed by atoms with Gasteiger partial charge in [0.05, 0.1) is 4.88 Å². The highest BCUT2D eigenvalue weighted by Crippen LogP contribution is 2.29. The van der Waals surface area contributed by atoms with Gasteiger partial charge >= 0.3 is 0 Å². The molecule has 2 amide bonds. The number of anilines is 1. The average molecular weight is 394 g/mol. The number of amides is 2. The molecule has 0 unspecified atom stereocenters. The first-order valence-corrected chi connectivity index (χ1v) is 10.3. The summed E-state index contributed by atoms with van der Waals surface area (Å²) >= 11 is 1.51. The normalized spacial score (nSPS) is 14.1. The van der Waals surface area contributed by atoms with Gasteiger partial charge in [-0.3, -0.25) is 9.59 Å². The molecule has 1 aliphatic rings. The third-order valence-corrected chi connectivity index (χ3v) is 5.87. The fraction of sp³-hybridized carbons (Fsp3) is 0.273. The smallest absolute Gasteiger partial charge is 0.263 e. The Balaban J connectivity index is 1.41. The number of fused-ring (bicyclic) bond motifs is 1. The van der Waals surface area contributed by atoms with Crippen molar-refractivity contribution in [2.45, 2.75) is 19.3 Å². The van der Waals surface area contributed by atoms with Gasteiger partial charge in [-0.25, -0.2) is 0 Å². The molecule has 144 valence electrons. The topological polar surface area (TPSA) is 58.6 Å². The van der Waals surface area contributed by atoms with Crippen LogP contribution in [0.5, 0.6) is 5.75 Å². The van der Waals surface area contributed by atoms with Crippen molar-refractivity contribution in [1.29, 1.82) is 0 Å². The first-order chi connectivity index (χ1) is 13.7. The van der Waals surface area contributed by atoms with Crippen molar-refractivity contribution >= 4 is 38.9 Å². The zero-order chi connectivity index (χ0) is 19.3. The highest BCUT2D eigenvalue weighted by Gasteiger charge is 2.20. The minimum Gasteiger partial charge on any atom is -0.484 e. The number of nitrogens with one attached hydrogen (secondary N) is 1. The third-order valence-electron chi connectivity index (χ3n) is 4.77. The van der Waals surface area contributed by atoms with Crippen LogP contribution in [-0.4, -0.2) is 36.4 Å². The van der Waals surface area contributed by atoms with E-state index in [-0.39, 0.29) is 18.4 Å². The van der Waals surface area contributed by atoms with E-state index in [2.05, 4.69) is 5.32 Å². The lowest BCUT2D eigenvalue weighted by Gasteiger charge is -2.26. The van der Waals surface area contributed by atoms with Gasteiger partial charge in [0.2, 0.25) is 0 Å². The van der Waals surface area contributed by atoms with Crippen LogP contribution < -0.4 is 10.1 Å². The zero-order valence-electron chi connectivity index (χ0n) is 15.5. The number of likely N-dealkylation sites (tertiary alicyclic amines) is 1. The van der Waals surface area contributed by atoms with Gasteiger partial charge in [-0.05, 0) is 61.0 Å². The fourth-order valence-corrected chi connectivity index (χ4v) is 4.35. The molecule has 4 rings (SSSR count). The molecular weight excluding hydrogens is 372 g/mol. The molecule has 2 heterocycles. The van der Waals surface area contributed by atoms with Crippen molar-refractivity contribution in [2.75, 3.05) is 25.0 Å². The third kappa shape index (κ3) is 4.34. The summed E-state index contributed by atoms with van der Waals surface area (Å²) in [6.07, 6.45) is 3.36. The first kappa shape index (κ1) is 18.5. The monoisotopic (exact) mass is 394 g/mol. The van der Waals surface area contributed by atoms with Crippen LogP contribution in [0.15, 0.2) is 54.6 Å². The maximum absolute atomic E-state index is 12.7. The molecule has 1 aromatic heterocycles. The van der Waals surface area contributed by atoms with Gasteiger partial charge in [0.1, 0.15) is 5.75 Å². The lowest BCUT2D eigenvalue weighted by molar-refractivity contribution is -0.118. The van der Waals surface area contributed by atoms with Gasteiger partial charge in [-0.1, -0.05) is 18.2 Å². The summed E-state index contributed by atoms with van der Waals surface area (Å²) in [6, 6.07) is 16.9. The second-order valence-corrected chi connectivity index (χ2v) is 7.95. The van der Waals surface area contributed by atoms with Gasteiger partial charge in [0.15, 0.2) is 6.61 Å². The minimum atomic E-state index is -0.219. The number of hydrogen-bond donors (Lipinski definition) is 1. The van der Waals surface area contributed by atoms with E-state index in [4.69, 9.17) is 4.74 Å². The summed E-state index contributed by atoms with van der Waals surface area (Å²) in [5, 5.41) is 3.82. The van der Waals surface area contributed by atoms with E-state index < -0.39 is 0 Å². The van der Waals surface area contributed by atoms with E-state index >= 15 is 0 Å². The number of rotatable bonds is 5. The molecule has 1 aliphatic heterocycles. The molecule has 0 bridgehead atoms. The molecule has 2 aromatic carbocycles. The van der Waals surface area contributed by atoms with E-state index in [0.29, 0.717) is 11.4 Å². The molecule has 5 nitrogen and oxygen atoms in total. The summed E-state index contributed by atoms with van der Waals surface area (Å²) in [6.45, 7) is 1.63. The summed E-state index contributed by atoms with van der Waals surface area (Å²) in [5.41, 5.74) is 0.698. The van der Waals surface area contributed by atoms with Gasteiger partial charge in [-0.15, -0.1) is 11.3 Å². The van der Waals surface area contributed by atoms with Gasteiger partial charge in [0.25, 0.3) is 11.8 Å². The Morgan fingerprint density at radius 3 is 2.57 bits per heavy atom. The standard InChI is InChI=1S/C22H22N2O3S/c25-21(15-27-18-7-3-1-4-8-18)23-17-9-10-19-16(13-17)14-20(28-19)22(26)24-11-5-2-6-12-24/h1,3-4,7-10,13-14H,2,5-6,11-12,15H2,(H,23,25). The Kier molecular flexibility index (Phi) is 5.58. The SMILES string of the molecule is O=C(COc1ccccc1)Nc1ccc2sc(C(=O)N3CCCCC3)cc2c1. The average Bonchev–Trinajstić information content (AvgIpc) is 3.16. The molecule has 0 atom stereocenters. The number of thiophene rings is 1. The van der Waals surface area contributed by atoms with Gasteiger partial charge in [-0.2, -0.15) is 0 Å². The summed E-state index contributed by atoms with van der Waals surface area (Å²) in [5.74, 6) is 0.553. The Labute approximate surface area is 167 Å². The summed E-state index contributed by atoms with van der Waals surface area (Å²) in [4.78, 5) is 27.5. The number of carbonyl (C=O) groups is 2. The molecule has 0 radical (unpaired) electrons. The lowest BCUT2D eigenvalue weighted by Crippen LogP contribution is -2.35. The molecule has 0 aliphatic carbocycles. The van der Waals surface area contributed by atoms with Crippen LogP contribution in [0.2, 0.25) is 0 Å².